The maximum Gasteiger partial charge on any atom is 0.0248 e. The molecule has 0 aliphatic heterocycles. The fraction of sp³-hybridized carbons (Fsp3) is 1.00. The Hall–Kier alpha value is 0.390. The molecule has 0 spiro atoms. The summed E-state index contributed by atoms with van der Waals surface area (Å²) >= 11 is 0. The van der Waals surface area contributed by atoms with E-state index in [4.69, 9.17) is 0 Å². The first-order chi connectivity index (χ1) is 4.81. The largest absolute Gasteiger partial charge is 0.374 e. The summed E-state index contributed by atoms with van der Waals surface area (Å²) in [5.41, 5.74) is 0. The lowest BCUT2D eigenvalue weighted by atomic mass is 10.2. The van der Waals surface area contributed by atoms with E-state index in [0.29, 0.717) is 0 Å². The Bertz CT molecular complexity index is 66.3. The van der Waals surface area contributed by atoms with Crippen LogP contribution in [-0.4, -0.2) is 17.2 Å². The number of rotatable bonds is 6. The molecule has 10 heavy (non-hydrogen) atoms. The molecule has 0 rings (SSSR count). The van der Waals surface area contributed by atoms with E-state index in [2.05, 4.69) is 13.8 Å². The van der Waals surface area contributed by atoms with Gasteiger partial charge < -0.3 is 4.89 Å². The predicted octanol–water partition coefficient (Wildman–Crippen LogP) is 2.98. The predicted molar refractivity (Wildman–Crippen MR) is 48.7 cm³/mol. The standard InChI is InChI=1S/C8H19OP/c1-3-5-6-7-8-10(9)4-2/h9H,3-8H2,1-2H3. The third-order valence-electron chi connectivity index (χ3n) is 1.63. The van der Waals surface area contributed by atoms with Crippen LogP contribution in [0.4, 0.5) is 0 Å². The summed E-state index contributed by atoms with van der Waals surface area (Å²) < 4.78 is 0. The molecule has 0 aliphatic carbocycles. The minimum atomic E-state index is -0.595. The van der Waals surface area contributed by atoms with E-state index < -0.39 is 8.15 Å². The molecule has 1 atom stereocenters. The van der Waals surface area contributed by atoms with Gasteiger partial charge in [0.1, 0.15) is 0 Å². The summed E-state index contributed by atoms with van der Waals surface area (Å²) in [5.74, 6) is 0. The van der Waals surface area contributed by atoms with Crippen LogP contribution in [0, 0.1) is 0 Å². The van der Waals surface area contributed by atoms with Crippen LogP contribution in [0.1, 0.15) is 39.5 Å². The minimum Gasteiger partial charge on any atom is -0.374 e. The van der Waals surface area contributed by atoms with Gasteiger partial charge in [-0.1, -0.05) is 33.1 Å². The summed E-state index contributed by atoms with van der Waals surface area (Å²) in [6.45, 7) is 4.27. The average Bonchev–Trinajstić information content (AvgIpc) is 1.98. The highest BCUT2D eigenvalue weighted by Crippen LogP contribution is 2.29. The fourth-order valence-corrected chi connectivity index (χ4v) is 1.78. The number of unbranched alkanes of at least 4 members (excludes halogenated alkanes) is 3. The molecule has 0 radical (unpaired) electrons. The molecule has 0 fully saturated rings. The van der Waals surface area contributed by atoms with Gasteiger partial charge >= 0.3 is 0 Å². The van der Waals surface area contributed by atoms with Crippen LogP contribution in [0.5, 0.6) is 0 Å². The maximum atomic E-state index is 9.22. The van der Waals surface area contributed by atoms with Gasteiger partial charge in [-0.3, -0.25) is 0 Å². The second-order valence-corrected chi connectivity index (χ2v) is 4.70. The molecule has 0 aliphatic rings. The molecule has 1 N–H and O–H groups in total. The van der Waals surface area contributed by atoms with Crippen molar-refractivity contribution < 1.29 is 4.89 Å². The second-order valence-electron chi connectivity index (χ2n) is 2.61. The molecule has 2 heteroatoms. The smallest absolute Gasteiger partial charge is 0.0248 e. The monoisotopic (exact) mass is 162 g/mol. The molecular weight excluding hydrogens is 143 g/mol. The number of hydrogen-bond acceptors (Lipinski definition) is 1. The minimum absolute atomic E-state index is 0.595. The van der Waals surface area contributed by atoms with Crippen LogP contribution in [0.25, 0.3) is 0 Å². The van der Waals surface area contributed by atoms with Gasteiger partial charge in [-0.15, -0.1) is 0 Å². The summed E-state index contributed by atoms with van der Waals surface area (Å²) in [4.78, 5) is 9.22. The molecular formula is C8H19OP. The maximum absolute atomic E-state index is 9.22. The zero-order chi connectivity index (χ0) is 7.82. The van der Waals surface area contributed by atoms with E-state index in [1.807, 2.05) is 0 Å². The normalized spacial score (nSPS) is 13.5. The van der Waals surface area contributed by atoms with Gasteiger partial charge in [0.2, 0.25) is 0 Å². The van der Waals surface area contributed by atoms with Crippen molar-refractivity contribution in [3.63, 3.8) is 0 Å². The van der Waals surface area contributed by atoms with Crippen LogP contribution < -0.4 is 0 Å². The van der Waals surface area contributed by atoms with Crippen molar-refractivity contribution in [2.45, 2.75) is 39.5 Å². The zero-order valence-electron chi connectivity index (χ0n) is 7.14. The van der Waals surface area contributed by atoms with Gasteiger partial charge in [0.05, 0.1) is 0 Å². The van der Waals surface area contributed by atoms with Crippen LogP contribution in [-0.2, 0) is 0 Å². The van der Waals surface area contributed by atoms with E-state index in [-0.39, 0.29) is 0 Å². The molecule has 0 saturated heterocycles. The molecule has 0 bridgehead atoms. The van der Waals surface area contributed by atoms with Gasteiger partial charge in [-0.05, 0) is 18.7 Å². The summed E-state index contributed by atoms with van der Waals surface area (Å²) in [6.07, 6.45) is 7.18. The number of hydrogen-bond donors (Lipinski definition) is 1. The van der Waals surface area contributed by atoms with Gasteiger partial charge in [0.25, 0.3) is 0 Å². The SMILES string of the molecule is CCCCCCP(O)CC. The third kappa shape index (κ3) is 6.51. The Morgan fingerprint density at radius 2 is 1.80 bits per heavy atom. The molecule has 0 aromatic heterocycles. The Morgan fingerprint density at radius 3 is 2.30 bits per heavy atom. The van der Waals surface area contributed by atoms with Crippen LogP contribution in [0.15, 0.2) is 0 Å². The van der Waals surface area contributed by atoms with E-state index in [1.165, 1.54) is 25.7 Å². The van der Waals surface area contributed by atoms with Crippen molar-refractivity contribution in [1.29, 1.82) is 0 Å². The molecule has 0 heterocycles. The molecule has 0 amide bonds. The van der Waals surface area contributed by atoms with E-state index in [1.54, 1.807) is 0 Å². The lowest BCUT2D eigenvalue weighted by Gasteiger charge is -2.05. The summed E-state index contributed by atoms with van der Waals surface area (Å²) in [7, 11) is -0.595. The van der Waals surface area contributed by atoms with Crippen molar-refractivity contribution in [2.24, 2.45) is 0 Å². The first-order valence-electron chi connectivity index (χ1n) is 4.25. The quantitative estimate of drug-likeness (QED) is 0.470. The highest BCUT2D eigenvalue weighted by atomic mass is 31.1. The van der Waals surface area contributed by atoms with Crippen LogP contribution in [0.3, 0.4) is 0 Å². The Balaban J connectivity index is 2.89. The van der Waals surface area contributed by atoms with Crippen molar-refractivity contribution >= 4 is 8.15 Å². The van der Waals surface area contributed by atoms with E-state index in [9.17, 15) is 4.89 Å². The lowest BCUT2D eigenvalue weighted by Crippen LogP contribution is -1.86. The molecule has 62 valence electrons. The van der Waals surface area contributed by atoms with Crippen molar-refractivity contribution in [3.05, 3.63) is 0 Å². The van der Waals surface area contributed by atoms with Crippen LogP contribution in [0.2, 0.25) is 0 Å². The Kier molecular flexibility index (Phi) is 7.79. The molecule has 0 aromatic rings. The molecule has 1 unspecified atom stereocenters. The first-order valence-corrected chi connectivity index (χ1v) is 5.91. The van der Waals surface area contributed by atoms with Gasteiger partial charge in [0, 0.05) is 8.15 Å². The van der Waals surface area contributed by atoms with E-state index in [0.717, 1.165) is 12.3 Å². The van der Waals surface area contributed by atoms with Gasteiger partial charge in [-0.2, -0.15) is 0 Å². The summed E-state index contributed by atoms with van der Waals surface area (Å²) in [5, 5.41) is 0. The Labute approximate surface area is 65.7 Å². The van der Waals surface area contributed by atoms with E-state index >= 15 is 0 Å². The topological polar surface area (TPSA) is 20.2 Å². The summed E-state index contributed by atoms with van der Waals surface area (Å²) in [6, 6.07) is 0. The van der Waals surface area contributed by atoms with Crippen molar-refractivity contribution in [3.8, 4) is 0 Å². The van der Waals surface area contributed by atoms with Crippen molar-refractivity contribution in [2.75, 3.05) is 12.3 Å². The van der Waals surface area contributed by atoms with Crippen LogP contribution >= 0.6 is 8.15 Å². The fourth-order valence-electron chi connectivity index (χ4n) is 0.879. The van der Waals surface area contributed by atoms with Gasteiger partial charge in [0.15, 0.2) is 0 Å². The molecule has 1 nitrogen and oxygen atoms in total. The highest BCUT2D eigenvalue weighted by molar-refractivity contribution is 7.51. The molecule has 0 aromatic carbocycles. The second kappa shape index (κ2) is 7.50. The lowest BCUT2D eigenvalue weighted by molar-refractivity contribution is 0.613. The third-order valence-corrected chi connectivity index (χ3v) is 3.20. The Morgan fingerprint density at radius 1 is 1.10 bits per heavy atom. The molecule has 0 saturated carbocycles. The first kappa shape index (κ1) is 10.4. The zero-order valence-corrected chi connectivity index (χ0v) is 8.03. The van der Waals surface area contributed by atoms with Crippen molar-refractivity contribution in [1.82, 2.24) is 0 Å². The highest BCUT2D eigenvalue weighted by Gasteiger charge is 1.98. The average molecular weight is 162 g/mol. The van der Waals surface area contributed by atoms with Gasteiger partial charge in [-0.25, -0.2) is 0 Å².